The summed E-state index contributed by atoms with van der Waals surface area (Å²) in [7, 11) is 0. The van der Waals surface area contributed by atoms with Crippen LogP contribution in [0.2, 0.25) is 5.02 Å². The van der Waals surface area contributed by atoms with Crippen molar-refractivity contribution in [3.05, 3.63) is 75.1 Å². The van der Waals surface area contributed by atoms with E-state index in [1.807, 2.05) is 30.9 Å². The number of hydrogen-bond donors (Lipinski definition) is 0. The lowest BCUT2D eigenvalue weighted by Crippen LogP contribution is -2.58. The summed E-state index contributed by atoms with van der Waals surface area (Å²) in [5, 5.41) is 0.608. The van der Waals surface area contributed by atoms with Gasteiger partial charge in [-0.05, 0) is 68.5 Å². The normalized spacial score (nSPS) is 22.7. The minimum atomic E-state index is -0.685. The van der Waals surface area contributed by atoms with Gasteiger partial charge in [-0.3, -0.25) is 14.5 Å². The van der Waals surface area contributed by atoms with Gasteiger partial charge in [0.05, 0.1) is 6.57 Å². The predicted molar refractivity (Wildman–Crippen MR) is 137 cm³/mol. The second kappa shape index (κ2) is 10.5. The van der Waals surface area contributed by atoms with Crippen LogP contribution >= 0.6 is 11.6 Å². The average Bonchev–Trinajstić information content (AvgIpc) is 3.29. The maximum atomic E-state index is 13.1. The van der Waals surface area contributed by atoms with E-state index in [0.717, 1.165) is 42.6 Å². The van der Waals surface area contributed by atoms with Gasteiger partial charge >= 0.3 is 0 Å². The van der Waals surface area contributed by atoms with Gasteiger partial charge in [0.15, 0.2) is 11.5 Å². The van der Waals surface area contributed by atoms with Crippen LogP contribution in [-0.2, 0) is 22.5 Å². The first kappa shape index (κ1) is 25.4. The molecule has 0 aliphatic carbocycles. The number of carbonyl (C=O) groups is 2. The molecule has 2 aromatic rings. The van der Waals surface area contributed by atoms with Crippen LogP contribution in [0, 0.1) is 13.5 Å². The third-order valence-corrected chi connectivity index (χ3v) is 7.49. The monoisotopic (exact) mass is 493 g/mol. The first-order valence-electron chi connectivity index (χ1n) is 12.2. The number of carbonyl (C=O) groups excluding carboxylic acids is 2. The van der Waals surface area contributed by atoms with Crippen molar-refractivity contribution >= 4 is 29.0 Å². The van der Waals surface area contributed by atoms with Crippen molar-refractivity contribution in [2.24, 2.45) is 0 Å². The highest BCUT2D eigenvalue weighted by Crippen LogP contribution is 2.30. The Morgan fingerprint density at radius 3 is 2.69 bits per heavy atom. The molecule has 0 unspecified atom stereocenters. The third-order valence-electron chi connectivity index (χ3n) is 7.27. The van der Waals surface area contributed by atoms with Crippen molar-refractivity contribution in [2.45, 2.75) is 58.2 Å². The maximum Gasteiger partial charge on any atom is 0.254 e. The highest BCUT2D eigenvalue weighted by Gasteiger charge is 2.43. The minimum absolute atomic E-state index is 0.0322. The van der Waals surface area contributed by atoms with Gasteiger partial charge in [-0.15, -0.1) is 0 Å². The maximum absolute atomic E-state index is 13.1. The number of amides is 1. The lowest BCUT2D eigenvalue weighted by molar-refractivity contribution is -0.155. The number of Topliss-reactive ketones (excluding diaryl/α,β-unsaturated/α-hetero) is 1. The fourth-order valence-corrected chi connectivity index (χ4v) is 5.40. The number of ketones is 1. The number of nitrogens with zero attached hydrogens (tertiary/aromatic N) is 3. The fraction of sp³-hybridized carbons (Fsp3) is 0.464. The molecule has 6 nitrogen and oxygen atoms in total. The van der Waals surface area contributed by atoms with Crippen LogP contribution < -0.4 is 0 Å². The molecule has 0 bridgehead atoms. The summed E-state index contributed by atoms with van der Waals surface area (Å²) in [4.78, 5) is 33.8. The third kappa shape index (κ3) is 5.59. The minimum Gasteiger partial charge on any atom is -0.365 e. The highest BCUT2D eigenvalue weighted by molar-refractivity contribution is 6.30. The molecule has 2 heterocycles. The molecule has 0 N–H and O–H groups in total. The molecule has 4 rings (SSSR count). The number of halogens is 1. The number of rotatable bonds is 6. The fourth-order valence-electron chi connectivity index (χ4n) is 5.14. The van der Waals surface area contributed by atoms with Gasteiger partial charge in [0.25, 0.3) is 5.91 Å². The molecular formula is C28H32ClN3O3. The number of ether oxygens (including phenoxy) is 1. The predicted octanol–water partition coefficient (Wildman–Crippen LogP) is 5.23. The Labute approximate surface area is 212 Å². The molecule has 2 aliphatic rings. The van der Waals surface area contributed by atoms with Crippen LogP contribution in [0.25, 0.3) is 4.85 Å². The van der Waals surface area contributed by atoms with Crippen molar-refractivity contribution in [3.8, 4) is 0 Å². The molecule has 35 heavy (non-hydrogen) atoms. The first-order valence-corrected chi connectivity index (χ1v) is 12.5. The Kier molecular flexibility index (Phi) is 7.61. The lowest BCUT2D eigenvalue weighted by Gasteiger charge is -2.42. The Morgan fingerprint density at radius 1 is 1.23 bits per heavy atom. The van der Waals surface area contributed by atoms with Gasteiger partial charge < -0.3 is 9.64 Å². The van der Waals surface area contributed by atoms with E-state index >= 15 is 0 Å². The zero-order valence-corrected chi connectivity index (χ0v) is 21.4. The SMILES string of the molecule is [C-]#[N+]c1cccc(C(=O)Cc2cc(Cl)cc(CN3CCN(C(=O)[C@]4(C)CCCO4)[C@@H](C)C3)c2C)c1. The smallest absolute Gasteiger partial charge is 0.254 e. The molecule has 2 fully saturated rings. The van der Waals surface area contributed by atoms with Crippen LogP contribution in [0.5, 0.6) is 0 Å². The zero-order chi connectivity index (χ0) is 25.2. The number of hydrogen-bond acceptors (Lipinski definition) is 4. The van der Waals surface area contributed by atoms with Crippen molar-refractivity contribution in [2.75, 3.05) is 26.2 Å². The molecule has 2 saturated heterocycles. The van der Waals surface area contributed by atoms with Gasteiger partial charge in [-0.2, -0.15) is 0 Å². The van der Waals surface area contributed by atoms with Crippen molar-refractivity contribution in [3.63, 3.8) is 0 Å². The van der Waals surface area contributed by atoms with Crippen LogP contribution in [0.3, 0.4) is 0 Å². The number of piperazine rings is 1. The summed E-state index contributed by atoms with van der Waals surface area (Å²) in [5.74, 6) is 0.0689. The van der Waals surface area contributed by atoms with E-state index in [9.17, 15) is 9.59 Å². The summed E-state index contributed by atoms with van der Waals surface area (Å²) >= 11 is 6.46. The first-order chi connectivity index (χ1) is 16.7. The van der Waals surface area contributed by atoms with E-state index in [4.69, 9.17) is 22.9 Å². The van der Waals surface area contributed by atoms with Gasteiger partial charge in [0, 0.05) is 55.8 Å². The molecule has 0 radical (unpaired) electrons. The summed E-state index contributed by atoms with van der Waals surface area (Å²) in [6.07, 6.45) is 1.95. The quantitative estimate of drug-likeness (QED) is 0.408. The summed E-state index contributed by atoms with van der Waals surface area (Å²) < 4.78 is 5.78. The Morgan fingerprint density at radius 2 is 2.00 bits per heavy atom. The van der Waals surface area contributed by atoms with Gasteiger partial charge in [-0.25, -0.2) is 4.85 Å². The highest BCUT2D eigenvalue weighted by atomic mass is 35.5. The zero-order valence-electron chi connectivity index (χ0n) is 20.6. The largest absolute Gasteiger partial charge is 0.365 e. The van der Waals surface area contributed by atoms with E-state index in [0.29, 0.717) is 36.0 Å². The second-order valence-corrected chi connectivity index (χ2v) is 10.3. The molecule has 7 heteroatoms. The van der Waals surface area contributed by atoms with Crippen LogP contribution in [0.4, 0.5) is 5.69 Å². The molecule has 0 aromatic heterocycles. The topological polar surface area (TPSA) is 54.2 Å². The van der Waals surface area contributed by atoms with Gasteiger partial charge in [-0.1, -0.05) is 29.8 Å². The van der Waals surface area contributed by atoms with E-state index in [1.54, 1.807) is 24.3 Å². The molecule has 0 saturated carbocycles. The van der Waals surface area contributed by atoms with Gasteiger partial charge in [0.2, 0.25) is 0 Å². The standard InChI is InChI=1S/C28H32ClN3O3/c1-19-17-31(10-11-32(19)27(34)28(3)9-6-12-35-28)18-23-14-24(29)13-22(20(23)2)16-26(33)21-7-5-8-25(15-21)30-4/h5,7-8,13-15,19H,6,9-12,16-18H2,1-3H3/t19-,28-/m0/s1. The second-order valence-electron chi connectivity index (χ2n) is 9.88. The Balaban J connectivity index is 1.44. The Bertz CT molecular complexity index is 1170. The lowest BCUT2D eigenvalue weighted by atomic mass is 9.95. The van der Waals surface area contributed by atoms with E-state index in [2.05, 4.69) is 16.7 Å². The molecule has 184 valence electrons. The van der Waals surface area contributed by atoms with E-state index in [1.165, 1.54) is 0 Å². The van der Waals surface area contributed by atoms with Gasteiger partial charge in [0.1, 0.15) is 5.60 Å². The summed E-state index contributed by atoms with van der Waals surface area (Å²) in [6.45, 7) is 16.8. The molecular weight excluding hydrogens is 462 g/mol. The molecule has 2 aromatic carbocycles. The van der Waals surface area contributed by atoms with Crippen LogP contribution in [0.1, 0.15) is 53.7 Å². The van der Waals surface area contributed by atoms with E-state index in [-0.39, 0.29) is 24.2 Å². The van der Waals surface area contributed by atoms with Crippen LogP contribution in [0.15, 0.2) is 36.4 Å². The molecule has 0 spiro atoms. The summed E-state index contributed by atoms with van der Waals surface area (Å²) in [5.41, 5.74) is 3.36. The average molecular weight is 494 g/mol. The van der Waals surface area contributed by atoms with Crippen LogP contribution in [-0.4, -0.2) is 59.4 Å². The summed E-state index contributed by atoms with van der Waals surface area (Å²) in [6, 6.07) is 10.7. The van der Waals surface area contributed by atoms with Crippen molar-refractivity contribution in [1.82, 2.24) is 9.80 Å². The molecule has 2 atom stereocenters. The van der Waals surface area contributed by atoms with Crippen molar-refractivity contribution < 1.29 is 14.3 Å². The van der Waals surface area contributed by atoms with Crippen molar-refractivity contribution in [1.29, 1.82) is 0 Å². The van der Waals surface area contributed by atoms with E-state index < -0.39 is 5.60 Å². The molecule has 2 aliphatic heterocycles. The number of benzene rings is 2. The molecule has 1 amide bonds. The Hall–Kier alpha value is -2.72.